The Morgan fingerprint density at radius 2 is 1.88 bits per heavy atom. The predicted molar refractivity (Wildman–Crippen MR) is 84.2 cm³/mol. The molecule has 0 aliphatic heterocycles. The van der Waals surface area contributed by atoms with Gasteiger partial charge in [-0.15, -0.1) is 5.10 Å². The van der Waals surface area contributed by atoms with E-state index in [0.717, 1.165) is 12.1 Å². The maximum absolute atomic E-state index is 13.6. The van der Waals surface area contributed by atoms with Crippen LogP contribution in [0.25, 0.3) is 11.0 Å². The van der Waals surface area contributed by atoms with Crippen LogP contribution >= 0.6 is 0 Å². The highest BCUT2D eigenvalue weighted by molar-refractivity contribution is 5.99. The molecule has 0 spiro atoms. The second-order valence-electron chi connectivity index (χ2n) is 5.06. The lowest BCUT2D eigenvalue weighted by Gasteiger charge is -2.05. The van der Waals surface area contributed by atoms with E-state index in [9.17, 15) is 13.6 Å². The fourth-order valence-corrected chi connectivity index (χ4v) is 2.25. The Balaban J connectivity index is 1.73. The first kappa shape index (κ1) is 15.7. The average molecular weight is 329 g/mol. The molecule has 24 heavy (non-hydrogen) atoms. The molecule has 0 aliphatic rings. The Morgan fingerprint density at radius 1 is 1.17 bits per heavy atom. The van der Waals surface area contributed by atoms with Gasteiger partial charge in [-0.2, -0.15) is 5.10 Å². The van der Waals surface area contributed by atoms with E-state index in [-0.39, 0.29) is 17.8 Å². The van der Waals surface area contributed by atoms with Gasteiger partial charge in [0.15, 0.2) is 0 Å². The van der Waals surface area contributed by atoms with Crippen molar-refractivity contribution in [2.24, 2.45) is 5.10 Å². The van der Waals surface area contributed by atoms with Crippen molar-refractivity contribution in [1.82, 2.24) is 20.4 Å². The van der Waals surface area contributed by atoms with E-state index in [1.54, 1.807) is 12.1 Å². The molecule has 0 radical (unpaired) electrons. The molecule has 1 amide bonds. The molecule has 122 valence electrons. The molecule has 2 aromatic carbocycles. The summed E-state index contributed by atoms with van der Waals surface area (Å²) < 4.78 is 28.7. The molecule has 0 aliphatic carbocycles. The number of hydrogen-bond acceptors (Lipinski definition) is 4. The number of hydrazone groups is 1. The fraction of sp³-hybridized carbons (Fsp3) is 0.125. The van der Waals surface area contributed by atoms with Crippen LogP contribution in [-0.2, 0) is 11.3 Å². The van der Waals surface area contributed by atoms with E-state index in [2.05, 4.69) is 20.8 Å². The largest absolute Gasteiger partial charge is 0.271 e. The summed E-state index contributed by atoms with van der Waals surface area (Å²) in [7, 11) is 0. The van der Waals surface area contributed by atoms with Crippen LogP contribution in [0.15, 0.2) is 47.6 Å². The van der Waals surface area contributed by atoms with Crippen LogP contribution in [-0.4, -0.2) is 26.6 Å². The molecule has 1 heterocycles. The van der Waals surface area contributed by atoms with E-state index < -0.39 is 17.5 Å². The van der Waals surface area contributed by atoms with Crippen LogP contribution in [0, 0.1) is 11.6 Å². The summed E-state index contributed by atoms with van der Waals surface area (Å²) in [6.07, 6.45) is 0. The molecule has 0 saturated carbocycles. The van der Waals surface area contributed by atoms with Gasteiger partial charge in [-0.25, -0.2) is 18.9 Å². The minimum absolute atomic E-state index is 0.0300. The lowest BCUT2D eigenvalue weighted by molar-refractivity contribution is -0.121. The van der Waals surface area contributed by atoms with Crippen LogP contribution in [0.1, 0.15) is 12.5 Å². The molecule has 3 rings (SSSR count). The van der Waals surface area contributed by atoms with Crippen molar-refractivity contribution in [2.45, 2.75) is 13.5 Å². The number of fused-ring (bicyclic) bond motifs is 1. The summed E-state index contributed by atoms with van der Waals surface area (Å²) >= 11 is 0. The molecule has 3 aromatic rings. The van der Waals surface area contributed by atoms with Crippen molar-refractivity contribution in [2.75, 3.05) is 0 Å². The van der Waals surface area contributed by atoms with Crippen LogP contribution in [0.2, 0.25) is 0 Å². The third-order valence-electron chi connectivity index (χ3n) is 3.39. The standard InChI is InChI=1S/C16H13F2N5O/c1-10(16-11(17)5-4-6-12(16)18)19-21-15(24)9-23-14-8-3-2-7-13(14)20-22-23/h2-8H,9H2,1H3,(H,21,24)/b19-10-. The number of carbonyl (C=O) groups is 1. The molecule has 6 nitrogen and oxygen atoms in total. The van der Waals surface area contributed by atoms with Gasteiger partial charge < -0.3 is 0 Å². The number of amides is 1. The zero-order valence-electron chi connectivity index (χ0n) is 12.7. The summed E-state index contributed by atoms with van der Waals surface area (Å²) in [5.74, 6) is -1.97. The van der Waals surface area contributed by atoms with E-state index in [1.165, 1.54) is 17.7 Å². The number of nitrogens with one attached hydrogen (secondary N) is 1. The number of hydrogen-bond donors (Lipinski definition) is 1. The molecule has 0 atom stereocenters. The van der Waals surface area contributed by atoms with Gasteiger partial charge in [-0.3, -0.25) is 4.79 Å². The lowest BCUT2D eigenvalue weighted by Crippen LogP contribution is -2.25. The smallest absolute Gasteiger partial charge is 0.261 e. The minimum atomic E-state index is -0.743. The number of aromatic nitrogens is 3. The van der Waals surface area contributed by atoms with Crippen LogP contribution in [0.5, 0.6) is 0 Å². The highest BCUT2D eigenvalue weighted by Gasteiger charge is 2.12. The number of para-hydroxylation sites is 1. The average Bonchev–Trinajstić information content (AvgIpc) is 2.96. The summed E-state index contributed by atoms with van der Waals surface area (Å²) in [4.78, 5) is 12.0. The Kier molecular flexibility index (Phi) is 4.28. The third-order valence-corrected chi connectivity index (χ3v) is 3.39. The van der Waals surface area contributed by atoms with Crippen molar-refractivity contribution in [3.8, 4) is 0 Å². The Hall–Kier alpha value is -3.16. The molecule has 8 heteroatoms. The van der Waals surface area contributed by atoms with Gasteiger partial charge in [0, 0.05) is 0 Å². The van der Waals surface area contributed by atoms with Crippen LogP contribution in [0.3, 0.4) is 0 Å². The SMILES string of the molecule is C/C(=N/NC(=O)Cn1nnc2ccccc21)c1c(F)cccc1F. The fourth-order valence-electron chi connectivity index (χ4n) is 2.25. The molecular formula is C16H13F2N5O. The van der Waals surface area contributed by atoms with Gasteiger partial charge in [0.1, 0.15) is 23.7 Å². The summed E-state index contributed by atoms with van der Waals surface area (Å²) in [5, 5.41) is 11.6. The monoisotopic (exact) mass is 329 g/mol. The van der Waals surface area contributed by atoms with Crippen molar-refractivity contribution in [3.63, 3.8) is 0 Å². The zero-order valence-corrected chi connectivity index (χ0v) is 12.7. The Labute approximate surface area is 135 Å². The van der Waals surface area contributed by atoms with Crippen LogP contribution in [0.4, 0.5) is 8.78 Å². The predicted octanol–water partition coefficient (Wildman–Crippen LogP) is 2.25. The van der Waals surface area contributed by atoms with E-state index in [4.69, 9.17) is 0 Å². The van der Waals surface area contributed by atoms with Gasteiger partial charge in [-0.1, -0.05) is 23.4 Å². The first-order valence-electron chi connectivity index (χ1n) is 7.12. The molecular weight excluding hydrogens is 316 g/mol. The Bertz CT molecular complexity index is 915. The third kappa shape index (κ3) is 3.12. The molecule has 1 N–H and O–H groups in total. The zero-order chi connectivity index (χ0) is 17.1. The first-order chi connectivity index (χ1) is 11.6. The summed E-state index contributed by atoms with van der Waals surface area (Å²) in [6.45, 7) is 1.30. The maximum Gasteiger partial charge on any atom is 0.261 e. The molecule has 0 unspecified atom stereocenters. The first-order valence-corrected chi connectivity index (χ1v) is 7.12. The van der Waals surface area contributed by atoms with Crippen molar-refractivity contribution in [3.05, 3.63) is 59.7 Å². The van der Waals surface area contributed by atoms with Crippen molar-refractivity contribution >= 4 is 22.7 Å². The number of carbonyl (C=O) groups excluding carboxylic acids is 1. The van der Waals surface area contributed by atoms with Gasteiger partial charge >= 0.3 is 0 Å². The van der Waals surface area contributed by atoms with E-state index in [0.29, 0.717) is 11.0 Å². The topological polar surface area (TPSA) is 72.2 Å². The minimum Gasteiger partial charge on any atom is -0.271 e. The normalized spacial score (nSPS) is 11.7. The lowest BCUT2D eigenvalue weighted by atomic mass is 10.1. The van der Waals surface area contributed by atoms with Crippen molar-refractivity contribution < 1.29 is 13.6 Å². The van der Waals surface area contributed by atoms with Gasteiger partial charge in [-0.05, 0) is 31.2 Å². The second kappa shape index (κ2) is 6.53. The highest BCUT2D eigenvalue weighted by Crippen LogP contribution is 2.13. The highest BCUT2D eigenvalue weighted by atomic mass is 19.1. The number of halogens is 2. The van der Waals surface area contributed by atoms with E-state index >= 15 is 0 Å². The van der Waals surface area contributed by atoms with Crippen LogP contribution < -0.4 is 5.43 Å². The molecule has 0 fully saturated rings. The number of rotatable bonds is 4. The quantitative estimate of drug-likeness (QED) is 0.589. The van der Waals surface area contributed by atoms with Crippen molar-refractivity contribution in [1.29, 1.82) is 0 Å². The maximum atomic E-state index is 13.6. The molecule has 0 saturated heterocycles. The number of benzene rings is 2. The summed E-state index contributed by atoms with van der Waals surface area (Å²) in [5.41, 5.74) is 3.39. The molecule has 1 aromatic heterocycles. The number of nitrogens with zero attached hydrogens (tertiary/aromatic N) is 4. The summed E-state index contributed by atoms with van der Waals surface area (Å²) in [6, 6.07) is 10.7. The molecule has 0 bridgehead atoms. The Morgan fingerprint density at radius 3 is 2.62 bits per heavy atom. The van der Waals surface area contributed by atoms with E-state index in [1.807, 2.05) is 12.1 Å². The second-order valence-corrected chi connectivity index (χ2v) is 5.06. The van der Waals surface area contributed by atoms with Gasteiger partial charge in [0.05, 0.1) is 16.8 Å². The van der Waals surface area contributed by atoms with Gasteiger partial charge in [0.25, 0.3) is 5.91 Å². The van der Waals surface area contributed by atoms with Gasteiger partial charge in [0.2, 0.25) is 0 Å².